The first-order chi connectivity index (χ1) is 16.3. The van der Waals surface area contributed by atoms with Crippen LogP contribution in [-0.2, 0) is 9.59 Å². The van der Waals surface area contributed by atoms with E-state index in [1.807, 2.05) is 0 Å². The largest absolute Gasteiger partial charge is 0.302 e. The van der Waals surface area contributed by atoms with Gasteiger partial charge in [0.05, 0.1) is 15.9 Å². The first-order valence-electron chi connectivity index (χ1n) is 11.7. The van der Waals surface area contributed by atoms with Gasteiger partial charge in [0.25, 0.3) is 5.91 Å². The Labute approximate surface area is 216 Å². The molecule has 0 atom stereocenters. The van der Waals surface area contributed by atoms with E-state index in [1.165, 1.54) is 16.2 Å². The second-order valence-electron chi connectivity index (χ2n) is 8.51. The lowest BCUT2D eigenvalue weighted by molar-refractivity contribution is -0.121. The zero-order chi connectivity index (χ0) is 24.4. The second kappa shape index (κ2) is 11.3. The van der Waals surface area contributed by atoms with E-state index in [2.05, 4.69) is 44.7 Å². The molecule has 35 heavy (non-hydrogen) atoms. The number of rotatable bonds is 8. The van der Waals surface area contributed by atoms with Crippen molar-refractivity contribution in [3.8, 4) is 0 Å². The first-order valence-corrected chi connectivity index (χ1v) is 12.5. The van der Waals surface area contributed by atoms with E-state index in [4.69, 9.17) is 4.98 Å². The molecule has 9 heteroatoms. The Morgan fingerprint density at radius 2 is 1.71 bits per heavy atom. The van der Waals surface area contributed by atoms with Crippen LogP contribution < -0.4 is 9.80 Å². The third kappa shape index (κ3) is 5.39. The fraction of sp³-hybridized carbons (Fsp3) is 0.385. The average Bonchev–Trinajstić information content (AvgIpc) is 3.42. The molecule has 0 unspecified atom stereocenters. The summed E-state index contributed by atoms with van der Waals surface area (Å²) < 4.78 is 1.04. The molecule has 7 nitrogen and oxygen atoms in total. The number of carbonyl (C=O) groups excluding carboxylic acids is 3. The summed E-state index contributed by atoms with van der Waals surface area (Å²) in [5.41, 5.74) is 4.07. The maximum atomic E-state index is 13.8. The van der Waals surface area contributed by atoms with Crippen LogP contribution in [0.15, 0.2) is 36.4 Å². The van der Waals surface area contributed by atoms with Crippen molar-refractivity contribution in [2.45, 2.75) is 40.5 Å². The van der Waals surface area contributed by atoms with Crippen molar-refractivity contribution < 1.29 is 14.4 Å². The minimum atomic E-state index is -0.231. The monoisotopic (exact) mass is 514 g/mol. The van der Waals surface area contributed by atoms with Gasteiger partial charge in [0.1, 0.15) is 0 Å². The van der Waals surface area contributed by atoms with Crippen molar-refractivity contribution in [1.29, 1.82) is 0 Å². The van der Waals surface area contributed by atoms with Crippen LogP contribution in [0, 0.1) is 13.8 Å². The Bertz CT molecular complexity index is 1240. The van der Waals surface area contributed by atoms with Gasteiger partial charge in [0.15, 0.2) is 5.13 Å². The van der Waals surface area contributed by atoms with Gasteiger partial charge in [-0.05, 0) is 62.3 Å². The molecule has 0 bridgehead atoms. The predicted molar refractivity (Wildman–Crippen MR) is 144 cm³/mol. The minimum absolute atomic E-state index is 0. The van der Waals surface area contributed by atoms with E-state index < -0.39 is 0 Å². The third-order valence-corrected chi connectivity index (χ3v) is 7.53. The average molecular weight is 515 g/mol. The molecule has 2 heterocycles. The molecule has 1 saturated heterocycles. The zero-order valence-electron chi connectivity index (χ0n) is 20.5. The Morgan fingerprint density at radius 3 is 2.37 bits per heavy atom. The van der Waals surface area contributed by atoms with Crippen molar-refractivity contribution in [3.05, 3.63) is 53.1 Å². The molecule has 1 fully saturated rings. The van der Waals surface area contributed by atoms with E-state index >= 15 is 0 Å². The number of hydrogen-bond donors (Lipinski definition) is 0. The number of halogens is 1. The van der Waals surface area contributed by atoms with Gasteiger partial charge in [0.2, 0.25) is 11.8 Å². The van der Waals surface area contributed by atoms with Gasteiger partial charge in [-0.2, -0.15) is 0 Å². The van der Waals surface area contributed by atoms with Crippen molar-refractivity contribution in [3.63, 3.8) is 0 Å². The van der Waals surface area contributed by atoms with Gasteiger partial charge in [-0.15, -0.1) is 12.4 Å². The maximum absolute atomic E-state index is 13.8. The lowest BCUT2D eigenvalue weighted by Gasteiger charge is -2.25. The quantitative estimate of drug-likeness (QED) is 0.396. The van der Waals surface area contributed by atoms with Crippen LogP contribution in [0.1, 0.15) is 48.2 Å². The fourth-order valence-electron chi connectivity index (χ4n) is 4.19. The standard InChI is InChI=1S/C26H30N4O3S.ClH/c1-5-28(6-2)14-15-29(26-27-24-18(4)17(3)10-11-21(24)34-26)25(33)19-8-7-9-20(16-19)30-22(31)12-13-23(30)32;/h7-11,16H,5-6,12-15H2,1-4H3;1H. The smallest absolute Gasteiger partial charge is 0.260 e. The summed E-state index contributed by atoms with van der Waals surface area (Å²) in [6.45, 7) is 11.3. The van der Waals surface area contributed by atoms with Gasteiger partial charge in [0, 0.05) is 31.5 Å². The number of aromatic nitrogens is 1. The molecule has 0 spiro atoms. The van der Waals surface area contributed by atoms with Crippen molar-refractivity contribution in [1.82, 2.24) is 9.88 Å². The normalized spacial score (nSPS) is 13.6. The molecule has 186 valence electrons. The van der Waals surface area contributed by atoms with E-state index in [0.29, 0.717) is 22.9 Å². The van der Waals surface area contributed by atoms with Crippen molar-refractivity contribution >= 4 is 62.5 Å². The Morgan fingerprint density at radius 1 is 1.03 bits per heavy atom. The second-order valence-corrected chi connectivity index (χ2v) is 9.52. The Balaban J connectivity index is 0.00000342. The van der Waals surface area contributed by atoms with Crippen LogP contribution in [0.4, 0.5) is 10.8 Å². The number of benzene rings is 2. The topological polar surface area (TPSA) is 73.8 Å². The minimum Gasteiger partial charge on any atom is -0.302 e. The fourth-order valence-corrected chi connectivity index (χ4v) is 5.24. The highest BCUT2D eigenvalue weighted by Gasteiger charge is 2.31. The summed E-state index contributed by atoms with van der Waals surface area (Å²) in [4.78, 5) is 48.3. The maximum Gasteiger partial charge on any atom is 0.260 e. The number of likely N-dealkylation sites (N-methyl/N-ethyl adjacent to an activating group) is 1. The first kappa shape index (κ1) is 26.8. The summed E-state index contributed by atoms with van der Waals surface area (Å²) in [5, 5.41) is 0.652. The molecule has 1 aliphatic rings. The van der Waals surface area contributed by atoms with E-state index in [9.17, 15) is 14.4 Å². The molecule has 2 aromatic carbocycles. The van der Waals surface area contributed by atoms with Crippen LogP contribution in [-0.4, -0.2) is 53.8 Å². The van der Waals surface area contributed by atoms with E-state index in [1.54, 1.807) is 29.2 Å². The molecule has 0 radical (unpaired) electrons. The van der Waals surface area contributed by atoms with Gasteiger partial charge >= 0.3 is 0 Å². The van der Waals surface area contributed by atoms with Crippen LogP contribution >= 0.6 is 23.7 Å². The van der Waals surface area contributed by atoms with E-state index in [-0.39, 0.29) is 43.0 Å². The summed E-state index contributed by atoms with van der Waals surface area (Å²) in [6.07, 6.45) is 0.412. The number of nitrogens with zero attached hydrogens (tertiary/aromatic N) is 4. The highest BCUT2D eigenvalue weighted by Crippen LogP contribution is 2.33. The van der Waals surface area contributed by atoms with Crippen molar-refractivity contribution in [2.75, 3.05) is 36.0 Å². The lowest BCUT2D eigenvalue weighted by Crippen LogP contribution is -2.39. The number of anilines is 2. The van der Waals surface area contributed by atoms with Gasteiger partial charge in [-0.1, -0.05) is 37.3 Å². The Hall–Kier alpha value is -2.81. The van der Waals surface area contributed by atoms with E-state index in [0.717, 1.165) is 41.0 Å². The predicted octanol–water partition coefficient (Wildman–Crippen LogP) is 4.98. The molecule has 0 saturated carbocycles. The number of thiazole rings is 1. The number of fused-ring (bicyclic) bond motifs is 1. The molecular formula is C26H31ClN4O3S. The third-order valence-electron chi connectivity index (χ3n) is 6.49. The Kier molecular flexibility index (Phi) is 8.64. The van der Waals surface area contributed by atoms with Crippen LogP contribution in [0.3, 0.4) is 0 Å². The molecule has 4 rings (SSSR count). The SMILES string of the molecule is CCN(CC)CCN(C(=O)c1cccc(N2C(=O)CCC2=O)c1)c1nc2c(C)c(C)ccc2s1.Cl. The number of aryl methyl sites for hydroxylation is 2. The number of amides is 3. The summed E-state index contributed by atoms with van der Waals surface area (Å²) in [5.74, 6) is -0.656. The number of imide groups is 1. The van der Waals surface area contributed by atoms with Crippen molar-refractivity contribution in [2.24, 2.45) is 0 Å². The van der Waals surface area contributed by atoms with Gasteiger partial charge in [-0.25, -0.2) is 4.98 Å². The molecule has 1 aromatic heterocycles. The summed E-state index contributed by atoms with van der Waals surface area (Å²) in [7, 11) is 0. The number of carbonyl (C=O) groups is 3. The molecule has 0 aliphatic carbocycles. The molecule has 1 aliphatic heterocycles. The van der Waals surface area contributed by atoms with Gasteiger partial charge in [-0.3, -0.25) is 24.2 Å². The highest BCUT2D eigenvalue weighted by molar-refractivity contribution is 7.22. The summed E-state index contributed by atoms with van der Waals surface area (Å²) >= 11 is 1.51. The molecular weight excluding hydrogens is 484 g/mol. The van der Waals surface area contributed by atoms with Gasteiger partial charge < -0.3 is 4.90 Å². The number of hydrogen-bond acceptors (Lipinski definition) is 6. The molecule has 3 amide bonds. The highest BCUT2D eigenvalue weighted by atomic mass is 35.5. The van der Waals surface area contributed by atoms with Crippen LogP contribution in [0.2, 0.25) is 0 Å². The summed E-state index contributed by atoms with van der Waals surface area (Å²) in [6, 6.07) is 10.9. The van der Waals surface area contributed by atoms with Crippen LogP contribution in [0.5, 0.6) is 0 Å². The lowest BCUT2D eigenvalue weighted by atomic mass is 10.1. The molecule has 3 aromatic rings. The van der Waals surface area contributed by atoms with Crippen LogP contribution in [0.25, 0.3) is 10.2 Å². The zero-order valence-corrected chi connectivity index (χ0v) is 22.2. The molecule has 0 N–H and O–H groups in total.